The number of hydrogen-bond donors (Lipinski definition) is 2. The fourth-order valence-corrected chi connectivity index (χ4v) is 6.57. The molecule has 0 radical (unpaired) electrons. The summed E-state index contributed by atoms with van der Waals surface area (Å²) < 4.78 is 37.1. The minimum Gasteiger partial charge on any atom is -0.495 e. The maximum absolute atomic E-state index is 15.9. The number of rotatable bonds is 7. The van der Waals surface area contributed by atoms with Gasteiger partial charge in [-0.3, -0.25) is 4.90 Å². The first-order chi connectivity index (χ1) is 20.8. The molecule has 0 saturated carbocycles. The number of aromatic carboxylic acids is 1. The smallest absolute Gasteiger partial charge is 0.335 e. The molecule has 0 aliphatic carbocycles. The second kappa shape index (κ2) is 13.1. The quantitative estimate of drug-likeness (QED) is 0.269. The fourth-order valence-electron chi connectivity index (χ4n) is 6.23. The predicted molar refractivity (Wildman–Crippen MR) is 165 cm³/mol. The van der Waals surface area contributed by atoms with Gasteiger partial charge in [0.05, 0.1) is 42.5 Å². The third-order valence-corrected chi connectivity index (χ3v) is 8.56. The molecule has 0 aromatic heterocycles. The Hall–Kier alpha value is -3.66. The summed E-state index contributed by atoms with van der Waals surface area (Å²) in [5.74, 6) is 2.70. The van der Waals surface area contributed by atoms with Crippen LogP contribution in [0.2, 0.25) is 10.0 Å². The molecule has 3 aromatic rings. The molecular weight excluding hydrogens is 609 g/mol. The summed E-state index contributed by atoms with van der Waals surface area (Å²) in [4.78, 5) is 13.2. The van der Waals surface area contributed by atoms with Gasteiger partial charge in [0, 0.05) is 28.6 Å². The summed E-state index contributed by atoms with van der Waals surface area (Å²) in [5.41, 5.74) is -1.51. The lowest BCUT2D eigenvalue weighted by molar-refractivity contribution is 0.0696. The van der Waals surface area contributed by atoms with Gasteiger partial charge in [-0.1, -0.05) is 74.0 Å². The minimum absolute atomic E-state index is 0.00708. The number of benzene rings is 3. The van der Waals surface area contributed by atoms with Crippen LogP contribution >= 0.6 is 23.2 Å². The van der Waals surface area contributed by atoms with Crippen LogP contribution in [0.4, 0.5) is 8.78 Å². The van der Waals surface area contributed by atoms with Gasteiger partial charge >= 0.3 is 5.97 Å². The molecular formula is C34H32Cl2F2N2O4. The van der Waals surface area contributed by atoms with Crippen molar-refractivity contribution in [3.05, 3.63) is 98.5 Å². The highest BCUT2D eigenvalue weighted by molar-refractivity contribution is 6.31. The van der Waals surface area contributed by atoms with Crippen LogP contribution in [0.3, 0.4) is 0 Å². The summed E-state index contributed by atoms with van der Waals surface area (Å²) in [6, 6.07) is 13.6. The Balaban J connectivity index is 1.96. The number of carboxylic acid groups (broad SMARTS) is 1. The van der Waals surface area contributed by atoms with Gasteiger partial charge in [-0.15, -0.1) is 0 Å². The Morgan fingerprint density at radius 2 is 1.86 bits per heavy atom. The second-order valence-corrected chi connectivity index (χ2v) is 12.8. The van der Waals surface area contributed by atoms with E-state index >= 15 is 8.78 Å². The average Bonchev–Trinajstić information content (AvgIpc) is 3.22. The van der Waals surface area contributed by atoms with Gasteiger partial charge in [0.2, 0.25) is 0 Å². The van der Waals surface area contributed by atoms with Crippen LogP contribution in [0.5, 0.6) is 5.75 Å². The van der Waals surface area contributed by atoms with Crippen molar-refractivity contribution < 1.29 is 28.5 Å². The van der Waals surface area contributed by atoms with Crippen molar-refractivity contribution in [2.75, 3.05) is 20.3 Å². The Bertz CT molecular complexity index is 1670. The molecule has 1 aliphatic rings. The van der Waals surface area contributed by atoms with Crippen molar-refractivity contribution in [1.82, 2.24) is 4.90 Å². The third-order valence-electron chi connectivity index (χ3n) is 8.03. The fraction of sp³-hybridized carbons (Fsp3) is 0.353. The SMILES string of the molecule is COc1cc(C(=O)O)ccc1C#CCN1[C@@H](CC(C)(C)C)[C@](C#N)(c2ccc(Cl)cc2F)[C@@H](c2cccc(Cl)c2F)[C@@H]1CO. The van der Waals surface area contributed by atoms with Crippen molar-refractivity contribution in [2.45, 2.75) is 50.6 Å². The first kappa shape index (κ1) is 33.2. The lowest BCUT2D eigenvalue weighted by atomic mass is 9.62. The first-order valence-electron chi connectivity index (χ1n) is 13.9. The molecule has 3 aromatic carbocycles. The molecule has 1 heterocycles. The highest BCUT2D eigenvalue weighted by Gasteiger charge is 2.62. The van der Waals surface area contributed by atoms with Crippen molar-refractivity contribution in [3.8, 4) is 23.7 Å². The molecule has 4 rings (SSSR count). The summed E-state index contributed by atoms with van der Waals surface area (Å²) in [7, 11) is 1.40. The van der Waals surface area contributed by atoms with Gasteiger partial charge in [0.1, 0.15) is 22.8 Å². The van der Waals surface area contributed by atoms with Gasteiger partial charge in [0.25, 0.3) is 0 Å². The van der Waals surface area contributed by atoms with Gasteiger partial charge < -0.3 is 14.9 Å². The van der Waals surface area contributed by atoms with Crippen molar-refractivity contribution in [3.63, 3.8) is 0 Å². The Morgan fingerprint density at radius 3 is 2.45 bits per heavy atom. The molecule has 230 valence electrons. The van der Waals surface area contributed by atoms with E-state index in [-0.39, 0.29) is 44.4 Å². The van der Waals surface area contributed by atoms with E-state index < -0.39 is 47.6 Å². The van der Waals surface area contributed by atoms with E-state index in [0.717, 1.165) is 6.07 Å². The number of nitriles is 1. The molecule has 4 atom stereocenters. The van der Waals surface area contributed by atoms with Crippen molar-refractivity contribution >= 4 is 29.2 Å². The van der Waals surface area contributed by atoms with E-state index in [0.29, 0.717) is 12.0 Å². The molecule has 1 aliphatic heterocycles. The van der Waals surface area contributed by atoms with E-state index in [1.165, 1.54) is 49.6 Å². The predicted octanol–water partition coefficient (Wildman–Crippen LogP) is 7.06. The molecule has 10 heteroatoms. The first-order valence-corrected chi connectivity index (χ1v) is 14.6. The van der Waals surface area contributed by atoms with E-state index in [1.807, 2.05) is 25.7 Å². The maximum Gasteiger partial charge on any atom is 0.335 e. The highest BCUT2D eigenvalue weighted by atomic mass is 35.5. The van der Waals surface area contributed by atoms with Gasteiger partial charge in [-0.25, -0.2) is 13.6 Å². The number of ether oxygens (including phenoxy) is 1. The van der Waals surface area contributed by atoms with Gasteiger partial charge in [0.15, 0.2) is 0 Å². The largest absolute Gasteiger partial charge is 0.495 e. The lowest BCUT2D eigenvalue weighted by Gasteiger charge is -2.39. The summed E-state index contributed by atoms with van der Waals surface area (Å²) in [6.07, 6.45) is 0.357. The normalized spacial score (nSPS) is 21.8. The van der Waals surface area contributed by atoms with E-state index in [4.69, 9.17) is 27.9 Å². The molecule has 0 unspecified atom stereocenters. The third kappa shape index (κ3) is 6.27. The van der Waals surface area contributed by atoms with E-state index in [9.17, 15) is 20.3 Å². The Morgan fingerprint density at radius 1 is 1.14 bits per heavy atom. The minimum atomic E-state index is -1.69. The second-order valence-electron chi connectivity index (χ2n) is 12.0. The molecule has 0 spiro atoms. The molecule has 2 N–H and O–H groups in total. The number of aliphatic hydroxyl groups is 1. The van der Waals surface area contributed by atoms with Crippen molar-refractivity contribution in [1.29, 1.82) is 5.26 Å². The Labute approximate surface area is 265 Å². The molecule has 1 fully saturated rings. The zero-order chi connectivity index (χ0) is 32.4. The number of methoxy groups -OCH3 is 1. The number of hydrogen-bond acceptors (Lipinski definition) is 5. The van der Waals surface area contributed by atoms with Crippen LogP contribution in [-0.2, 0) is 5.41 Å². The number of halogens is 4. The van der Waals surface area contributed by atoms with Crippen LogP contribution in [0, 0.1) is 40.2 Å². The van der Waals surface area contributed by atoms with Crippen LogP contribution in [0.25, 0.3) is 0 Å². The number of aliphatic hydroxyl groups excluding tert-OH is 1. The van der Waals surface area contributed by atoms with E-state index in [2.05, 4.69) is 17.9 Å². The summed E-state index contributed by atoms with van der Waals surface area (Å²) in [6.45, 7) is 5.45. The molecule has 0 bridgehead atoms. The summed E-state index contributed by atoms with van der Waals surface area (Å²) >= 11 is 12.3. The zero-order valence-corrected chi connectivity index (χ0v) is 26.2. The lowest BCUT2D eigenvalue weighted by Crippen LogP contribution is -2.46. The monoisotopic (exact) mass is 640 g/mol. The topological polar surface area (TPSA) is 93.8 Å². The number of carboxylic acids is 1. The van der Waals surface area contributed by atoms with Crippen LogP contribution in [0.1, 0.15) is 60.2 Å². The Kier molecular flexibility index (Phi) is 9.93. The standard InChI is InChI=1S/C34H32Cl2F2N2O4/c1-33(2,3)17-29-34(19-39,24-13-12-22(35)16-26(24)37)30(23-8-5-9-25(36)31(23)38)27(18-41)40(29)14-6-7-20-10-11-21(32(42)43)15-28(20)44-4/h5,8-13,15-16,27,29-30,41H,14,17-18H2,1-4H3,(H,42,43)/t27-,29-,30-,34-/m0/s1. The zero-order valence-electron chi connectivity index (χ0n) is 24.7. The average molecular weight is 642 g/mol. The van der Waals surface area contributed by atoms with Gasteiger partial charge in [-0.05, 0) is 53.8 Å². The molecule has 1 saturated heterocycles. The highest BCUT2D eigenvalue weighted by Crippen LogP contribution is 2.56. The van der Waals surface area contributed by atoms with Crippen LogP contribution < -0.4 is 4.74 Å². The molecule has 6 nitrogen and oxygen atoms in total. The van der Waals surface area contributed by atoms with Crippen molar-refractivity contribution in [2.24, 2.45) is 5.41 Å². The number of nitrogens with zero attached hydrogens (tertiary/aromatic N) is 2. The maximum atomic E-state index is 15.9. The van der Waals surface area contributed by atoms with E-state index in [1.54, 1.807) is 6.07 Å². The summed E-state index contributed by atoms with van der Waals surface area (Å²) in [5, 5.41) is 31.3. The van der Waals surface area contributed by atoms with Gasteiger partial charge in [-0.2, -0.15) is 5.26 Å². The van der Waals surface area contributed by atoms with Crippen LogP contribution in [0.15, 0.2) is 54.6 Å². The number of carbonyl (C=O) groups is 1. The number of likely N-dealkylation sites (tertiary alicyclic amines) is 1. The molecule has 0 amide bonds. The van der Waals surface area contributed by atoms with Crippen LogP contribution in [-0.4, -0.2) is 53.4 Å². The molecule has 44 heavy (non-hydrogen) atoms.